The number of aliphatic hydroxyl groups is 1. The van der Waals surface area contributed by atoms with Crippen molar-refractivity contribution in [1.82, 2.24) is 4.90 Å². The van der Waals surface area contributed by atoms with Gasteiger partial charge in [0.1, 0.15) is 11.3 Å². The van der Waals surface area contributed by atoms with Crippen molar-refractivity contribution in [2.24, 2.45) is 0 Å². The molecular weight excluding hydrogens is 291 g/mol. The fourth-order valence-electron chi connectivity index (χ4n) is 2.06. The van der Waals surface area contributed by atoms with Crippen LogP contribution >= 0.6 is 0 Å². The number of nitrogens with zero attached hydrogens (tertiary/aromatic N) is 1. The third-order valence-corrected chi connectivity index (χ3v) is 3.30. The third kappa shape index (κ3) is 3.60. The molecule has 5 nitrogen and oxygen atoms in total. The summed E-state index contributed by atoms with van der Waals surface area (Å²) in [6.07, 6.45) is -5.86. The third-order valence-electron chi connectivity index (χ3n) is 3.30. The van der Waals surface area contributed by atoms with Crippen LogP contribution in [0.3, 0.4) is 0 Å². The molecule has 1 saturated heterocycles. The highest BCUT2D eigenvalue weighted by Crippen LogP contribution is 2.41. The minimum Gasteiger partial charge on any atom is -0.444 e. The van der Waals surface area contributed by atoms with Gasteiger partial charge in [0.2, 0.25) is 0 Å². The van der Waals surface area contributed by atoms with Gasteiger partial charge in [-0.25, -0.2) is 4.79 Å². The van der Waals surface area contributed by atoms with Crippen molar-refractivity contribution >= 4 is 6.09 Å². The standard InChI is InChI=1S/C13H22F3NO4/c1-10(2,3)21-9(18)17-8(7-20-11(17,4)5)12(6,19)13(14,15)16/h8,19H,7H2,1-6H3/t8-,12+/m1/s1. The van der Waals surface area contributed by atoms with Crippen LogP contribution in [0.15, 0.2) is 0 Å². The molecule has 0 aliphatic carbocycles. The van der Waals surface area contributed by atoms with E-state index in [1.165, 1.54) is 13.8 Å². The minimum absolute atomic E-state index is 0.432. The fourth-order valence-corrected chi connectivity index (χ4v) is 2.06. The lowest BCUT2D eigenvalue weighted by Crippen LogP contribution is -2.62. The molecule has 0 unspecified atom stereocenters. The molecule has 1 heterocycles. The van der Waals surface area contributed by atoms with E-state index >= 15 is 0 Å². The normalized spacial score (nSPS) is 25.6. The van der Waals surface area contributed by atoms with E-state index in [1.807, 2.05) is 0 Å². The summed E-state index contributed by atoms with van der Waals surface area (Å²) in [4.78, 5) is 13.0. The van der Waals surface area contributed by atoms with Gasteiger partial charge in [-0.1, -0.05) is 0 Å². The number of hydrogen-bond acceptors (Lipinski definition) is 4. The maximum absolute atomic E-state index is 13.0. The summed E-state index contributed by atoms with van der Waals surface area (Å²) in [7, 11) is 0. The zero-order valence-electron chi connectivity index (χ0n) is 13.0. The number of halogens is 3. The first-order chi connectivity index (χ1) is 9.09. The van der Waals surface area contributed by atoms with Gasteiger partial charge in [0, 0.05) is 0 Å². The Bertz CT molecular complexity index is 413. The largest absolute Gasteiger partial charge is 0.444 e. The maximum atomic E-state index is 13.0. The first kappa shape index (κ1) is 18.0. The topological polar surface area (TPSA) is 59.0 Å². The Morgan fingerprint density at radius 2 is 1.76 bits per heavy atom. The number of alkyl halides is 3. The van der Waals surface area contributed by atoms with Gasteiger partial charge in [-0.05, 0) is 41.5 Å². The smallest absolute Gasteiger partial charge is 0.419 e. The van der Waals surface area contributed by atoms with Crippen molar-refractivity contribution in [1.29, 1.82) is 0 Å². The van der Waals surface area contributed by atoms with Crippen LogP contribution in [0.5, 0.6) is 0 Å². The molecule has 0 saturated carbocycles. The Kier molecular flexibility index (Phi) is 4.31. The molecule has 1 rings (SSSR count). The van der Waals surface area contributed by atoms with E-state index in [-0.39, 0.29) is 0 Å². The zero-order chi connectivity index (χ0) is 16.9. The summed E-state index contributed by atoms with van der Waals surface area (Å²) in [6.45, 7) is 7.90. The van der Waals surface area contributed by atoms with E-state index < -0.39 is 41.8 Å². The zero-order valence-corrected chi connectivity index (χ0v) is 13.0. The van der Waals surface area contributed by atoms with Crippen LogP contribution in [-0.4, -0.2) is 51.9 Å². The summed E-state index contributed by atoms with van der Waals surface area (Å²) < 4.78 is 49.5. The molecule has 0 aromatic carbocycles. The number of carbonyl (C=O) groups excluding carboxylic acids is 1. The molecule has 8 heteroatoms. The highest BCUT2D eigenvalue weighted by Gasteiger charge is 2.62. The van der Waals surface area contributed by atoms with Crippen molar-refractivity contribution < 1.29 is 32.5 Å². The molecule has 1 N–H and O–H groups in total. The molecule has 1 aliphatic rings. The summed E-state index contributed by atoms with van der Waals surface area (Å²) in [5.41, 5.74) is -5.27. The van der Waals surface area contributed by atoms with Crippen LogP contribution in [0.1, 0.15) is 41.5 Å². The second-order valence-corrected chi connectivity index (χ2v) is 6.77. The van der Waals surface area contributed by atoms with E-state index in [4.69, 9.17) is 9.47 Å². The number of hydrogen-bond donors (Lipinski definition) is 1. The van der Waals surface area contributed by atoms with Gasteiger partial charge in [0.05, 0.1) is 12.6 Å². The summed E-state index contributed by atoms with van der Waals surface area (Å²) in [5, 5.41) is 9.85. The van der Waals surface area contributed by atoms with Crippen LogP contribution in [-0.2, 0) is 9.47 Å². The Morgan fingerprint density at radius 3 is 2.14 bits per heavy atom. The van der Waals surface area contributed by atoms with Crippen LogP contribution in [0.4, 0.5) is 18.0 Å². The van der Waals surface area contributed by atoms with E-state index in [1.54, 1.807) is 20.8 Å². The second-order valence-electron chi connectivity index (χ2n) is 6.77. The van der Waals surface area contributed by atoms with Crippen molar-refractivity contribution in [2.45, 2.75) is 70.7 Å². The van der Waals surface area contributed by atoms with Crippen molar-refractivity contribution in [3.63, 3.8) is 0 Å². The van der Waals surface area contributed by atoms with Crippen LogP contribution in [0.25, 0.3) is 0 Å². The first-order valence-corrected chi connectivity index (χ1v) is 6.55. The summed E-state index contributed by atoms with van der Waals surface area (Å²) in [6, 6.07) is -1.58. The van der Waals surface area contributed by atoms with Crippen molar-refractivity contribution in [2.75, 3.05) is 6.61 Å². The first-order valence-electron chi connectivity index (χ1n) is 6.55. The molecule has 0 bridgehead atoms. The number of carbonyl (C=O) groups is 1. The van der Waals surface area contributed by atoms with Gasteiger partial charge in [-0.2, -0.15) is 13.2 Å². The average Bonchev–Trinajstić information content (AvgIpc) is 2.49. The molecule has 21 heavy (non-hydrogen) atoms. The van der Waals surface area contributed by atoms with Crippen molar-refractivity contribution in [3.8, 4) is 0 Å². The maximum Gasteiger partial charge on any atom is 0.419 e. The summed E-state index contributed by atoms with van der Waals surface area (Å²) >= 11 is 0. The predicted octanol–water partition coefficient (Wildman–Crippen LogP) is 2.67. The quantitative estimate of drug-likeness (QED) is 0.808. The predicted molar refractivity (Wildman–Crippen MR) is 68.6 cm³/mol. The Morgan fingerprint density at radius 1 is 1.29 bits per heavy atom. The molecular formula is C13H22F3NO4. The minimum atomic E-state index is -4.90. The number of ether oxygens (including phenoxy) is 2. The Labute approximate surface area is 122 Å². The Balaban J connectivity index is 3.14. The summed E-state index contributed by atoms with van der Waals surface area (Å²) in [5.74, 6) is 0. The van der Waals surface area contributed by atoms with Gasteiger partial charge >= 0.3 is 12.3 Å². The number of amides is 1. The molecule has 0 spiro atoms. The molecule has 1 amide bonds. The van der Waals surface area contributed by atoms with E-state index in [0.29, 0.717) is 6.92 Å². The molecule has 0 radical (unpaired) electrons. The molecule has 124 valence electrons. The molecule has 1 aliphatic heterocycles. The fraction of sp³-hybridized carbons (Fsp3) is 0.923. The molecule has 1 fully saturated rings. The number of rotatable bonds is 1. The van der Waals surface area contributed by atoms with Gasteiger partial charge in [0.25, 0.3) is 0 Å². The van der Waals surface area contributed by atoms with Gasteiger partial charge in [-0.3, -0.25) is 4.90 Å². The molecule has 0 aromatic heterocycles. The Hall–Kier alpha value is -1.02. The highest BCUT2D eigenvalue weighted by atomic mass is 19.4. The lowest BCUT2D eigenvalue weighted by Gasteiger charge is -2.40. The van der Waals surface area contributed by atoms with Crippen molar-refractivity contribution in [3.05, 3.63) is 0 Å². The van der Waals surface area contributed by atoms with Crippen LogP contribution < -0.4 is 0 Å². The molecule has 0 aromatic rings. The highest BCUT2D eigenvalue weighted by molar-refractivity contribution is 5.70. The lowest BCUT2D eigenvalue weighted by atomic mass is 9.95. The van der Waals surface area contributed by atoms with E-state index in [9.17, 15) is 23.1 Å². The lowest BCUT2D eigenvalue weighted by molar-refractivity contribution is -0.269. The van der Waals surface area contributed by atoms with E-state index in [0.717, 1.165) is 4.90 Å². The average molecular weight is 313 g/mol. The van der Waals surface area contributed by atoms with Gasteiger partial charge in [-0.15, -0.1) is 0 Å². The van der Waals surface area contributed by atoms with Gasteiger partial charge in [0.15, 0.2) is 5.60 Å². The SMILES string of the molecule is CC(C)(C)OC(=O)N1[C@@H]([C@](C)(O)C(F)(F)F)COC1(C)C. The van der Waals surface area contributed by atoms with Crippen LogP contribution in [0, 0.1) is 0 Å². The second kappa shape index (κ2) is 5.01. The monoisotopic (exact) mass is 313 g/mol. The molecule has 2 atom stereocenters. The van der Waals surface area contributed by atoms with Gasteiger partial charge < -0.3 is 14.6 Å². The van der Waals surface area contributed by atoms with E-state index in [2.05, 4.69) is 0 Å². The van der Waals surface area contributed by atoms with Crippen LogP contribution in [0.2, 0.25) is 0 Å².